The maximum Gasteiger partial charge on any atom is 0.290 e. The topological polar surface area (TPSA) is 78.1 Å². The Kier molecular flexibility index (Phi) is 4.62. The van der Waals surface area contributed by atoms with E-state index in [0.29, 0.717) is 30.0 Å². The second-order valence-corrected chi connectivity index (χ2v) is 7.34. The molecular formula is C20H24N6O2. The third-order valence-electron chi connectivity index (χ3n) is 5.12. The van der Waals surface area contributed by atoms with Crippen molar-refractivity contribution in [1.29, 1.82) is 0 Å². The molecule has 146 valence electrons. The minimum Gasteiger partial charge on any atom is -0.476 e. The zero-order chi connectivity index (χ0) is 19.8. The van der Waals surface area contributed by atoms with Crippen molar-refractivity contribution in [3.05, 3.63) is 58.4 Å². The first-order chi connectivity index (χ1) is 13.4. The lowest BCUT2D eigenvalue weighted by molar-refractivity contribution is 0.278. The summed E-state index contributed by atoms with van der Waals surface area (Å²) < 4.78 is 8.94. The second kappa shape index (κ2) is 7.10. The SMILES string of the molecule is Cc1cccc([C@H]2C[C@@H]2COc2cc(N(C)c3cnn(C)c3)c(=O)n(C)n2)n1. The van der Waals surface area contributed by atoms with E-state index in [1.54, 1.807) is 28.9 Å². The van der Waals surface area contributed by atoms with E-state index in [0.717, 1.165) is 23.5 Å². The van der Waals surface area contributed by atoms with Gasteiger partial charge in [-0.25, -0.2) is 4.68 Å². The van der Waals surface area contributed by atoms with Crippen molar-refractivity contribution in [1.82, 2.24) is 24.5 Å². The van der Waals surface area contributed by atoms with Gasteiger partial charge >= 0.3 is 0 Å². The monoisotopic (exact) mass is 380 g/mol. The Labute approximate surface area is 163 Å². The molecule has 28 heavy (non-hydrogen) atoms. The Morgan fingerprint density at radius 1 is 1.32 bits per heavy atom. The molecule has 0 N–H and O–H groups in total. The number of aromatic nitrogens is 5. The van der Waals surface area contributed by atoms with Crippen molar-refractivity contribution in [2.45, 2.75) is 19.3 Å². The molecule has 1 aliphatic carbocycles. The summed E-state index contributed by atoms with van der Waals surface area (Å²) in [5.74, 6) is 1.30. The highest BCUT2D eigenvalue weighted by atomic mass is 16.5. The van der Waals surface area contributed by atoms with Crippen molar-refractivity contribution >= 4 is 11.4 Å². The quantitative estimate of drug-likeness (QED) is 0.652. The molecule has 0 aliphatic heterocycles. The van der Waals surface area contributed by atoms with Crippen LogP contribution in [0, 0.1) is 12.8 Å². The molecule has 4 rings (SSSR count). The molecule has 1 aliphatic rings. The fraction of sp³-hybridized carbons (Fsp3) is 0.400. The zero-order valence-corrected chi connectivity index (χ0v) is 16.5. The first kappa shape index (κ1) is 18.2. The molecular weight excluding hydrogens is 356 g/mol. The summed E-state index contributed by atoms with van der Waals surface area (Å²) in [7, 11) is 5.30. The van der Waals surface area contributed by atoms with Gasteiger partial charge in [0.1, 0.15) is 5.69 Å². The Morgan fingerprint density at radius 2 is 2.14 bits per heavy atom. The molecule has 0 radical (unpaired) electrons. The molecule has 0 spiro atoms. The number of nitrogens with zero attached hydrogens (tertiary/aromatic N) is 6. The fourth-order valence-electron chi connectivity index (χ4n) is 3.36. The fourth-order valence-corrected chi connectivity index (χ4v) is 3.36. The Bertz CT molecular complexity index is 1060. The molecule has 0 saturated heterocycles. The van der Waals surface area contributed by atoms with Crippen LogP contribution >= 0.6 is 0 Å². The van der Waals surface area contributed by atoms with E-state index >= 15 is 0 Å². The molecule has 1 fully saturated rings. The minimum absolute atomic E-state index is 0.188. The average Bonchev–Trinajstić information content (AvgIpc) is 3.33. The lowest BCUT2D eigenvalue weighted by atomic mass is 10.2. The van der Waals surface area contributed by atoms with Crippen molar-refractivity contribution in [3.8, 4) is 5.88 Å². The molecule has 3 aromatic rings. The van der Waals surface area contributed by atoms with Gasteiger partial charge in [0, 0.05) is 56.6 Å². The van der Waals surface area contributed by atoms with Gasteiger partial charge in [-0.05, 0) is 25.5 Å². The summed E-state index contributed by atoms with van der Waals surface area (Å²) in [4.78, 5) is 18.9. The molecule has 0 bridgehead atoms. The normalized spacial score (nSPS) is 18.1. The van der Waals surface area contributed by atoms with Crippen molar-refractivity contribution in [3.63, 3.8) is 0 Å². The van der Waals surface area contributed by atoms with E-state index < -0.39 is 0 Å². The van der Waals surface area contributed by atoms with Crippen LogP contribution in [0.1, 0.15) is 23.7 Å². The van der Waals surface area contributed by atoms with Crippen LogP contribution in [0.4, 0.5) is 11.4 Å². The van der Waals surface area contributed by atoms with Crippen LogP contribution in [0.3, 0.4) is 0 Å². The van der Waals surface area contributed by atoms with E-state index in [-0.39, 0.29) is 5.56 Å². The maximum absolute atomic E-state index is 12.5. The number of aryl methyl sites for hydroxylation is 3. The van der Waals surface area contributed by atoms with Crippen LogP contribution in [-0.4, -0.2) is 38.2 Å². The van der Waals surface area contributed by atoms with Crippen molar-refractivity contribution < 1.29 is 4.74 Å². The Hall–Kier alpha value is -3.16. The molecule has 1 saturated carbocycles. The van der Waals surface area contributed by atoms with Crippen molar-refractivity contribution in [2.24, 2.45) is 20.0 Å². The van der Waals surface area contributed by atoms with Crippen LogP contribution in [-0.2, 0) is 14.1 Å². The van der Waals surface area contributed by atoms with E-state index in [2.05, 4.69) is 21.2 Å². The lowest BCUT2D eigenvalue weighted by Crippen LogP contribution is -2.27. The summed E-state index contributed by atoms with van der Waals surface area (Å²) in [6, 6.07) is 7.82. The third kappa shape index (κ3) is 3.62. The number of ether oxygens (including phenoxy) is 1. The highest BCUT2D eigenvalue weighted by Crippen LogP contribution is 2.46. The summed E-state index contributed by atoms with van der Waals surface area (Å²) >= 11 is 0. The number of hydrogen-bond donors (Lipinski definition) is 0. The van der Waals surface area contributed by atoms with Gasteiger partial charge in [0.25, 0.3) is 5.56 Å². The first-order valence-corrected chi connectivity index (χ1v) is 9.29. The number of rotatable bonds is 6. The van der Waals surface area contributed by atoms with E-state index in [4.69, 9.17) is 4.74 Å². The highest BCUT2D eigenvalue weighted by molar-refractivity contribution is 5.60. The smallest absolute Gasteiger partial charge is 0.290 e. The molecule has 8 nitrogen and oxygen atoms in total. The lowest BCUT2D eigenvalue weighted by Gasteiger charge is -2.17. The largest absolute Gasteiger partial charge is 0.476 e. The molecule has 3 heterocycles. The summed E-state index contributed by atoms with van der Waals surface area (Å²) in [6.45, 7) is 2.56. The number of pyridine rings is 1. The Balaban J connectivity index is 1.47. The van der Waals surface area contributed by atoms with Gasteiger partial charge in [-0.2, -0.15) is 5.10 Å². The van der Waals surface area contributed by atoms with Gasteiger partial charge in [-0.1, -0.05) is 6.07 Å². The van der Waals surface area contributed by atoms with Crippen LogP contribution in [0.25, 0.3) is 0 Å². The maximum atomic E-state index is 12.5. The summed E-state index contributed by atoms with van der Waals surface area (Å²) in [5.41, 5.74) is 3.29. The summed E-state index contributed by atoms with van der Waals surface area (Å²) in [6.07, 6.45) is 4.62. The predicted molar refractivity (Wildman–Crippen MR) is 106 cm³/mol. The van der Waals surface area contributed by atoms with Gasteiger partial charge in [0.05, 0.1) is 18.5 Å². The van der Waals surface area contributed by atoms with Crippen LogP contribution in [0.15, 0.2) is 41.5 Å². The molecule has 3 aromatic heterocycles. The van der Waals surface area contributed by atoms with Gasteiger partial charge in [0.15, 0.2) is 0 Å². The standard InChI is InChI=1S/C20H24N6O2/c1-13-6-5-7-17(22-13)16-8-14(16)12-28-19-9-18(20(27)26(4)23-19)25(3)15-10-21-24(2)11-15/h5-7,9-11,14,16H,8,12H2,1-4H3/t14-,16+/m1/s1. The van der Waals surface area contributed by atoms with E-state index in [1.165, 1.54) is 4.68 Å². The second-order valence-electron chi connectivity index (χ2n) is 7.34. The zero-order valence-electron chi connectivity index (χ0n) is 16.5. The van der Waals surface area contributed by atoms with Crippen LogP contribution in [0.2, 0.25) is 0 Å². The van der Waals surface area contributed by atoms with Gasteiger partial charge in [-0.3, -0.25) is 14.5 Å². The van der Waals surface area contributed by atoms with Gasteiger partial charge in [-0.15, -0.1) is 5.10 Å². The molecule has 0 amide bonds. The molecule has 0 unspecified atom stereocenters. The molecule has 8 heteroatoms. The minimum atomic E-state index is -0.188. The van der Waals surface area contributed by atoms with Gasteiger partial charge < -0.3 is 9.64 Å². The first-order valence-electron chi connectivity index (χ1n) is 9.29. The highest BCUT2D eigenvalue weighted by Gasteiger charge is 2.40. The molecule has 2 atom stereocenters. The average molecular weight is 380 g/mol. The summed E-state index contributed by atoms with van der Waals surface area (Å²) in [5, 5.41) is 8.41. The van der Waals surface area contributed by atoms with Crippen LogP contribution in [0.5, 0.6) is 5.88 Å². The molecule has 0 aromatic carbocycles. The van der Waals surface area contributed by atoms with Gasteiger partial charge in [0.2, 0.25) is 5.88 Å². The van der Waals surface area contributed by atoms with Crippen molar-refractivity contribution in [2.75, 3.05) is 18.6 Å². The number of anilines is 2. The third-order valence-corrected chi connectivity index (χ3v) is 5.12. The van der Waals surface area contributed by atoms with E-state index in [1.807, 2.05) is 39.3 Å². The van der Waals surface area contributed by atoms with E-state index in [9.17, 15) is 4.79 Å². The predicted octanol–water partition coefficient (Wildman–Crippen LogP) is 2.17. The Morgan fingerprint density at radius 3 is 2.86 bits per heavy atom. The number of hydrogen-bond acceptors (Lipinski definition) is 6. The van der Waals surface area contributed by atoms with Crippen LogP contribution < -0.4 is 15.2 Å².